The van der Waals surface area contributed by atoms with Crippen LogP contribution in [-0.2, 0) is 32.7 Å². The number of esters is 2. The van der Waals surface area contributed by atoms with Crippen molar-refractivity contribution in [2.24, 2.45) is 5.73 Å². The molecule has 10 heteroatoms. The van der Waals surface area contributed by atoms with Gasteiger partial charge < -0.3 is 20.1 Å². The summed E-state index contributed by atoms with van der Waals surface area (Å²) in [6.07, 6.45) is 107. The molecule has 2 atom stereocenters. The normalized spacial score (nSPS) is 13.4. The van der Waals surface area contributed by atoms with Gasteiger partial charge in [-0.15, -0.1) is 0 Å². The number of nitrogens with two attached hydrogens (primary N) is 1. The largest absolute Gasteiger partial charge is 0.472 e. The molecule has 0 saturated carbocycles. The molecule has 540 valence electrons. The molecule has 0 fully saturated rings. The summed E-state index contributed by atoms with van der Waals surface area (Å²) in [4.78, 5) is 35.5. The van der Waals surface area contributed by atoms with Gasteiger partial charge in [0, 0.05) is 19.4 Å². The monoisotopic (exact) mass is 1320 g/mol. The van der Waals surface area contributed by atoms with Crippen LogP contribution in [0.4, 0.5) is 0 Å². The van der Waals surface area contributed by atoms with Gasteiger partial charge in [0.2, 0.25) is 0 Å². The Kier molecular flexibility index (Phi) is 75.4. The Hall–Kier alpha value is -3.07. The summed E-state index contributed by atoms with van der Waals surface area (Å²) in [6.45, 7) is 3.69. The van der Waals surface area contributed by atoms with Gasteiger partial charge in [-0.1, -0.05) is 394 Å². The summed E-state index contributed by atoms with van der Waals surface area (Å²) in [7, 11) is -4.40. The van der Waals surface area contributed by atoms with E-state index >= 15 is 0 Å². The highest BCUT2D eigenvalue weighted by Gasteiger charge is 2.26. The fraction of sp³-hybridized carbons (Fsp3) is 0.783. The fourth-order valence-electron chi connectivity index (χ4n) is 11.7. The first-order valence-corrected chi connectivity index (χ1v) is 41.2. The van der Waals surface area contributed by atoms with E-state index in [1.807, 2.05) is 0 Å². The lowest BCUT2D eigenvalue weighted by molar-refractivity contribution is -0.161. The number of hydrogen-bond acceptors (Lipinski definition) is 8. The topological polar surface area (TPSA) is 134 Å². The minimum absolute atomic E-state index is 0.0516. The van der Waals surface area contributed by atoms with Crippen molar-refractivity contribution in [3.05, 3.63) is 97.2 Å². The number of carbonyl (C=O) groups excluding carboxylic acids is 2. The van der Waals surface area contributed by atoms with Crippen LogP contribution in [0, 0.1) is 0 Å². The maximum atomic E-state index is 12.8. The number of unbranched alkanes of at least 4 members (excludes halogenated alkanes) is 46. The van der Waals surface area contributed by atoms with Crippen LogP contribution in [0.5, 0.6) is 0 Å². The molecule has 93 heavy (non-hydrogen) atoms. The first-order valence-electron chi connectivity index (χ1n) is 39.7. The average Bonchev–Trinajstić information content (AvgIpc) is 3.04. The second kappa shape index (κ2) is 77.9. The van der Waals surface area contributed by atoms with Crippen molar-refractivity contribution < 1.29 is 37.6 Å². The highest BCUT2D eigenvalue weighted by Crippen LogP contribution is 2.43. The van der Waals surface area contributed by atoms with Crippen LogP contribution in [0.3, 0.4) is 0 Å². The van der Waals surface area contributed by atoms with Crippen molar-refractivity contribution in [1.82, 2.24) is 0 Å². The molecule has 0 rings (SSSR count). The Labute approximate surface area is 576 Å². The minimum atomic E-state index is -4.40. The number of ether oxygens (including phenoxy) is 2. The number of rotatable bonds is 75. The summed E-state index contributed by atoms with van der Waals surface area (Å²) in [5, 5.41) is 0. The molecule has 0 heterocycles. The molecule has 0 amide bonds. The standard InChI is InChI=1S/C83H150NO8P/c1-3-5-7-9-11-13-15-17-19-21-23-25-27-29-31-33-35-37-39-40-42-44-46-48-50-52-54-56-58-60-62-64-66-68-70-72-74-76-83(86)92-81(80-91-93(87,88)90-78-77-84)79-89-82(85)75-73-71-69-67-65-63-61-59-57-55-53-51-49-47-45-43-41-38-36-34-32-30-28-26-24-22-20-18-16-14-12-10-8-6-4-2/h5,7,11,13,17,19,23,25,29,31,35,37,40,42,46,48,81H,3-4,6,8-10,12,14-16,18,20-22,24,26-28,30,32-34,36,38-39,41,43-45,47,49-80,84H2,1-2H3,(H,87,88)/b7-5-,13-11-,19-17-,25-23-,31-29-,37-35-,42-40-,48-46-. The molecule has 0 aromatic heterocycles. The molecule has 3 N–H and O–H groups in total. The van der Waals surface area contributed by atoms with Crippen molar-refractivity contribution in [3.63, 3.8) is 0 Å². The van der Waals surface area contributed by atoms with Gasteiger partial charge in [0.1, 0.15) is 6.61 Å². The van der Waals surface area contributed by atoms with Crippen LogP contribution in [0.15, 0.2) is 97.2 Å². The Balaban J connectivity index is 3.82. The molecule has 0 aliphatic carbocycles. The van der Waals surface area contributed by atoms with Crippen LogP contribution in [0.1, 0.15) is 386 Å². The van der Waals surface area contributed by atoms with Gasteiger partial charge in [0.25, 0.3) is 0 Å². The maximum Gasteiger partial charge on any atom is 0.472 e. The first-order chi connectivity index (χ1) is 45.8. The molecule has 0 radical (unpaired) electrons. The molecule has 9 nitrogen and oxygen atoms in total. The number of carbonyl (C=O) groups is 2. The lowest BCUT2D eigenvalue weighted by atomic mass is 10.0. The zero-order chi connectivity index (χ0) is 67.2. The lowest BCUT2D eigenvalue weighted by Crippen LogP contribution is -2.29. The highest BCUT2D eigenvalue weighted by molar-refractivity contribution is 7.47. The summed E-state index contributed by atoms with van der Waals surface area (Å²) < 4.78 is 33.3. The molecular formula is C83H150NO8P. The number of hydrogen-bond donors (Lipinski definition) is 2. The maximum absolute atomic E-state index is 12.8. The second-order valence-corrected chi connectivity index (χ2v) is 28.0. The van der Waals surface area contributed by atoms with Crippen molar-refractivity contribution in [1.29, 1.82) is 0 Å². The first kappa shape index (κ1) is 89.9. The molecular weight excluding hydrogens is 1170 g/mol. The van der Waals surface area contributed by atoms with Crippen LogP contribution < -0.4 is 5.73 Å². The summed E-state index contributed by atoms with van der Waals surface area (Å²) in [5.41, 5.74) is 5.41. The van der Waals surface area contributed by atoms with E-state index in [2.05, 4.69) is 111 Å². The third kappa shape index (κ3) is 77.8. The second-order valence-electron chi connectivity index (χ2n) is 26.6. The van der Waals surface area contributed by atoms with Crippen molar-refractivity contribution in [2.45, 2.75) is 392 Å². The average molecular weight is 1320 g/mol. The van der Waals surface area contributed by atoms with E-state index in [-0.39, 0.29) is 38.6 Å². The lowest BCUT2D eigenvalue weighted by Gasteiger charge is -2.19. The predicted molar refractivity (Wildman–Crippen MR) is 404 cm³/mol. The third-order valence-corrected chi connectivity index (χ3v) is 18.5. The molecule has 0 aromatic carbocycles. The van der Waals surface area contributed by atoms with E-state index in [0.29, 0.717) is 6.42 Å². The minimum Gasteiger partial charge on any atom is -0.462 e. The molecule has 0 saturated heterocycles. The van der Waals surface area contributed by atoms with E-state index in [1.54, 1.807) is 0 Å². The van der Waals surface area contributed by atoms with E-state index in [1.165, 1.54) is 263 Å². The van der Waals surface area contributed by atoms with Gasteiger partial charge in [0.05, 0.1) is 13.2 Å². The predicted octanol–water partition coefficient (Wildman–Crippen LogP) is 26.6. The van der Waals surface area contributed by atoms with Crippen LogP contribution in [0.25, 0.3) is 0 Å². The highest BCUT2D eigenvalue weighted by atomic mass is 31.2. The molecule has 0 aliphatic rings. The smallest absolute Gasteiger partial charge is 0.462 e. The van der Waals surface area contributed by atoms with Crippen LogP contribution in [-0.4, -0.2) is 49.3 Å². The van der Waals surface area contributed by atoms with Gasteiger partial charge in [-0.3, -0.25) is 18.6 Å². The molecule has 0 bridgehead atoms. The molecule has 0 aliphatic heterocycles. The van der Waals surface area contributed by atoms with Gasteiger partial charge in [-0.05, 0) is 77.0 Å². The molecule has 2 unspecified atom stereocenters. The van der Waals surface area contributed by atoms with Crippen LogP contribution in [0.2, 0.25) is 0 Å². The SMILES string of the molecule is CC/C=C\C/C=C\C/C=C\C/C=C\C/C=C\C/C=C\C/C=C\C/C=C\CCCCCCCCCCCCCCC(=O)OC(COC(=O)CCCCCCCCCCCCCCCCCCCCCCCCCCCCCCCCCCCCC)COP(=O)(O)OCCN. The Bertz CT molecular complexity index is 1850. The van der Waals surface area contributed by atoms with E-state index < -0.39 is 26.5 Å². The summed E-state index contributed by atoms with van der Waals surface area (Å²) in [5.74, 6) is -0.815. The zero-order valence-corrected chi connectivity index (χ0v) is 61.9. The summed E-state index contributed by atoms with van der Waals surface area (Å²) >= 11 is 0. The number of phosphoric ester groups is 1. The molecule has 0 aromatic rings. The summed E-state index contributed by atoms with van der Waals surface area (Å²) in [6, 6.07) is 0. The van der Waals surface area contributed by atoms with Crippen LogP contribution >= 0.6 is 7.82 Å². The van der Waals surface area contributed by atoms with Crippen molar-refractivity contribution in [3.8, 4) is 0 Å². The van der Waals surface area contributed by atoms with E-state index in [0.717, 1.165) is 89.9 Å². The Morgan fingerprint density at radius 3 is 0.882 bits per heavy atom. The van der Waals surface area contributed by atoms with E-state index in [4.69, 9.17) is 24.3 Å². The third-order valence-electron chi connectivity index (χ3n) is 17.5. The van der Waals surface area contributed by atoms with Gasteiger partial charge in [0.15, 0.2) is 6.10 Å². The zero-order valence-electron chi connectivity index (χ0n) is 61.0. The number of allylic oxidation sites excluding steroid dienone is 16. The van der Waals surface area contributed by atoms with Gasteiger partial charge >= 0.3 is 19.8 Å². The fourth-order valence-corrected chi connectivity index (χ4v) is 12.4. The Morgan fingerprint density at radius 1 is 0.333 bits per heavy atom. The van der Waals surface area contributed by atoms with Gasteiger partial charge in [-0.2, -0.15) is 0 Å². The van der Waals surface area contributed by atoms with Crippen molar-refractivity contribution in [2.75, 3.05) is 26.4 Å². The Morgan fingerprint density at radius 2 is 0.591 bits per heavy atom. The quantitative estimate of drug-likeness (QED) is 0.0264. The van der Waals surface area contributed by atoms with E-state index in [9.17, 15) is 19.0 Å². The van der Waals surface area contributed by atoms with Gasteiger partial charge in [-0.25, -0.2) is 4.57 Å². The van der Waals surface area contributed by atoms with Crippen molar-refractivity contribution >= 4 is 19.8 Å². The number of phosphoric acid groups is 1. The molecule has 0 spiro atoms.